The molecule has 1 amide bonds. The van der Waals surface area contributed by atoms with Gasteiger partial charge in [-0.3, -0.25) is 9.80 Å². The van der Waals surface area contributed by atoms with Crippen LogP contribution in [0.3, 0.4) is 0 Å². The number of nitrogens with zero attached hydrogens (tertiary/aromatic N) is 4. The number of anilines is 1. The SMILES string of the molecule is Cc1cc2onc(C)c2cc1N(CC=O)CC(=O)N(C)N1Cc2ccc(F)cc2C1. The summed E-state index contributed by atoms with van der Waals surface area (Å²) in [7, 11) is 1.70. The van der Waals surface area contributed by atoms with Gasteiger partial charge in [-0.25, -0.2) is 9.40 Å². The number of rotatable bonds is 6. The summed E-state index contributed by atoms with van der Waals surface area (Å²) < 4.78 is 18.8. The van der Waals surface area contributed by atoms with Gasteiger partial charge in [-0.1, -0.05) is 11.2 Å². The van der Waals surface area contributed by atoms with Gasteiger partial charge in [-0.15, -0.1) is 0 Å². The molecule has 0 aliphatic carbocycles. The van der Waals surface area contributed by atoms with Crippen LogP contribution in [0.1, 0.15) is 22.4 Å². The zero-order chi connectivity index (χ0) is 21.4. The third-order valence-corrected chi connectivity index (χ3v) is 5.59. The molecule has 2 heterocycles. The van der Waals surface area contributed by atoms with Gasteiger partial charge in [0.15, 0.2) is 5.58 Å². The molecule has 0 atom stereocenters. The van der Waals surface area contributed by atoms with Crippen molar-refractivity contribution in [1.29, 1.82) is 0 Å². The van der Waals surface area contributed by atoms with E-state index in [1.165, 1.54) is 12.1 Å². The van der Waals surface area contributed by atoms with Crippen molar-refractivity contribution in [2.45, 2.75) is 26.9 Å². The molecule has 0 N–H and O–H groups in total. The number of aromatic nitrogens is 1. The first-order chi connectivity index (χ1) is 14.4. The Hall–Kier alpha value is -3.26. The van der Waals surface area contributed by atoms with Crippen LogP contribution in [0.15, 0.2) is 34.9 Å². The van der Waals surface area contributed by atoms with E-state index >= 15 is 0 Å². The number of halogens is 1. The molecule has 0 radical (unpaired) electrons. The minimum atomic E-state index is -0.281. The molecule has 0 unspecified atom stereocenters. The molecule has 1 aromatic heterocycles. The summed E-state index contributed by atoms with van der Waals surface area (Å²) in [5, 5.41) is 8.25. The number of carbonyl (C=O) groups excluding carboxylic acids is 2. The zero-order valence-corrected chi connectivity index (χ0v) is 17.2. The lowest BCUT2D eigenvalue weighted by molar-refractivity contribution is -0.145. The van der Waals surface area contributed by atoms with Crippen LogP contribution in [0.2, 0.25) is 0 Å². The van der Waals surface area contributed by atoms with Crippen molar-refractivity contribution >= 4 is 28.8 Å². The predicted molar refractivity (Wildman–Crippen MR) is 110 cm³/mol. The van der Waals surface area contributed by atoms with Crippen molar-refractivity contribution in [2.24, 2.45) is 0 Å². The number of benzene rings is 2. The number of hydrogen-bond donors (Lipinski definition) is 0. The second kappa shape index (κ2) is 7.87. The highest BCUT2D eigenvalue weighted by atomic mass is 19.1. The monoisotopic (exact) mass is 410 g/mol. The van der Waals surface area contributed by atoms with Crippen LogP contribution in [0.4, 0.5) is 10.1 Å². The average molecular weight is 410 g/mol. The number of carbonyl (C=O) groups is 2. The lowest BCUT2D eigenvalue weighted by atomic mass is 10.1. The summed E-state index contributed by atoms with van der Waals surface area (Å²) >= 11 is 0. The van der Waals surface area contributed by atoms with Gasteiger partial charge in [-0.2, -0.15) is 0 Å². The lowest BCUT2D eigenvalue weighted by Crippen LogP contribution is -2.46. The molecular weight excluding hydrogens is 387 g/mol. The van der Waals surface area contributed by atoms with Crippen LogP contribution in [0.5, 0.6) is 0 Å². The number of aryl methyl sites for hydroxylation is 2. The van der Waals surface area contributed by atoms with Gasteiger partial charge >= 0.3 is 0 Å². The van der Waals surface area contributed by atoms with E-state index in [0.717, 1.165) is 39.7 Å². The van der Waals surface area contributed by atoms with Gasteiger partial charge in [0.2, 0.25) is 0 Å². The second-order valence-corrected chi connectivity index (χ2v) is 7.60. The summed E-state index contributed by atoms with van der Waals surface area (Å²) in [5.74, 6) is -0.441. The molecule has 2 aromatic carbocycles. The number of hydrogen-bond acceptors (Lipinski definition) is 6. The van der Waals surface area contributed by atoms with E-state index in [9.17, 15) is 14.0 Å². The van der Waals surface area contributed by atoms with E-state index in [4.69, 9.17) is 4.52 Å². The van der Waals surface area contributed by atoms with Crippen LogP contribution in [-0.2, 0) is 22.7 Å². The van der Waals surface area contributed by atoms with Gasteiger partial charge in [-0.05, 0) is 54.8 Å². The Balaban J connectivity index is 1.53. The van der Waals surface area contributed by atoms with Gasteiger partial charge < -0.3 is 14.2 Å². The summed E-state index contributed by atoms with van der Waals surface area (Å²) in [4.78, 5) is 26.1. The molecule has 8 heteroatoms. The number of hydrazine groups is 1. The van der Waals surface area contributed by atoms with E-state index in [0.29, 0.717) is 18.7 Å². The molecule has 0 saturated carbocycles. The van der Waals surface area contributed by atoms with Crippen molar-refractivity contribution in [1.82, 2.24) is 15.2 Å². The van der Waals surface area contributed by atoms with E-state index in [1.54, 1.807) is 23.0 Å². The fourth-order valence-electron chi connectivity index (χ4n) is 3.85. The first-order valence-electron chi connectivity index (χ1n) is 9.71. The Morgan fingerprint density at radius 1 is 1.23 bits per heavy atom. The molecule has 30 heavy (non-hydrogen) atoms. The predicted octanol–water partition coefficient (Wildman–Crippen LogP) is 2.98. The lowest BCUT2D eigenvalue weighted by Gasteiger charge is -2.31. The molecule has 0 saturated heterocycles. The van der Waals surface area contributed by atoms with E-state index < -0.39 is 0 Å². The van der Waals surface area contributed by atoms with Gasteiger partial charge in [0, 0.05) is 31.2 Å². The highest BCUT2D eigenvalue weighted by Crippen LogP contribution is 2.29. The molecule has 0 spiro atoms. The summed E-state index contributed by atoms with van der Waals surface area (Å²) in [5.41, 5.74) is 4.98. The van der Waals surface area contributed by atoms with E-state index in [-0.39, 0.29) is 24.8 Å². The van der Waals surface area contributed by atoms with E-state index in [1.807, 2.05) is 31.0 Å². The molecule has 1 aliphatic heterocycles. The smallest absolute Gasteiger partial charge is 0.256 e. The normalized spacial score (nSPS) is 13.5. The maximum absolute atomic E-state index is 13.5. The fourth-order valence-corrected chi connectivity index (χ4v) is 3.85. The molecule has 156 valence electrons. The third-order valence-electron chi connectivity index (χ3n) is 5.59. The summed E-state index contributed by atoms with van der Waals surface area (Å²) in [6.07, 6.45) is 0.784. The zero-order valence-electron chi connectivity index (χ0n) is 17.2. The van der Waals surface area contributed by atoms with Gasteiger partial charge in [0.1, 0.15) is 12.1 Å². The van der Waals surface area contributed by atoms with Crippen LogP contribution in [-0.4, -0.2) is 47.5 Å². The van der Waals surface area contributed by atoms with Crippen molar-refractivity contribution in [3.05, 3.63) is 58.5 Å². The molecule has 4 rings (SSSR count). The van der Waals surface area contributed by atoms with Crippen molar-refractivity contribution < 1.29 is 18.5 Å². The van der Waals surface area contributed by atoms with Crippen LogP contribution in [0, 0.1) is 19.7 Å². The largest absolute Gasteiger partial charge is 0.356 e. The average Bonchev–Trinajstić information content (AvgIpc) is 3.29. The molecule has 0 fully saturated rings. The van der Waals surface area contributed by atoms with Crippen LogP contribution < -0.4 is 4.90 Å². The number of fused-ring (bicyclic) bond motifs is 2. The first-order valence-corrected chi connectivity index (χ1v) is 9.71. The summed E-state index contributed by atoms with van der Waals surface area (Å²) in [6, 6.07) is 8.46. The van der Waals surface area contributed by atoms with Gasteiger partial charge in [0.25, 0.3) is 5.91 Å². The Morgan fingerprint density at radius 3 is 2.77 bits per heavy atom. The Labute approximate surface area is 173 Å². The molecule has 7 nitrogen and oxygen atoms in total. The van der Waals surface area contributed by atoms with Crippen molar-refractivity contribution in [3.8, 4) is 0 Å². The molecular formula is C22H23FN4O3. The Kier molecular flexibility index (Phi) is 5.26. The number of likely N-dealkylation sites (N-methyl/N-ethyl adjacent to an activating group) is 1. The molecule has 1 aliphatic rings. The van der Waals surface area contributed by atoms with Gasteiger partial charge in [0.05, 0.1) is 18.8 Å². The molecule has 3 aromatic rings. The minimum Gasteiger partial charge on any atom is -0.356 e. The summed E-state index contributed by atoms with van der Waals surface area (Å²) in [6.45, 7) is 4.88. The Bertz CT molecular complexity index is 1130. The fraction of sp³-hybridized carbons (Fsp3) is 0.318. The Morgan fingerprint density at radius 2 is 2.00 bits per heavy atom. The maximum atomic E-state index is 13.5. The number of amides is 1. The quantitative estimate of drug-likeness (QED) is 0.582. The van der Waals surface area contributed by atoms with Crippen LogP contribution >= 0.6 is 0 Å². The van der Waals surface area contributed by atoms with Crippen LogP contribution in [0.25, 0.3) is 11.0 Å². The first kappa shape index (κ1) is 20.0. The third kappa shape index (κ3) is 3.66. The van der Waals surface area contributed by atoms with E-state index in [2.05, 4.69) is 5.16 Å². The van der Waals surface area contributed by atoms with Crippen molar-refractivity contribution in [3.63, 3.8) is 0 Å². The highest BCUT2D eigenvalue weighted by molar-refractivity contribution is 5.88. The van der Waals surface area contributed by atoms with Crippen molar-refractivity contribution in [2.75, 3.05) is 25.0 Å². The topological polar surface area (TPSA) is 69.9 Å². The maximum Gasteiger partial charge on any atom is 0.256 e. The number of aldehydes is 1. The second-order valence-electron chi connectivity index (χ2n) is 7.60. The molecule has 0 bridgehead atoms. The minimum absolute atomic E-state index is 0.0348. The standard InChI is InChI=1S/C22H23FN4O3/c1-14-8-21-19(15(2)24-30-21)10-20(14)26(6-7-28)13-22(29)25(3)27-11-16-4-5-18(23)9-17(16)12-27/h4-5,7-10H,6,11-13H2,1-3H3. The highest BCUT2D eigenvalue weighted by Gasteiger charge is 2.27.